The molecule has 33 heavy (non-hydrogen) atoms. The molecule has 173 valence electrons. The van der Waals surface area contributed by atoms with Crippen molar-refractivity contribution in [3.05, 3.63) is 40.1 Å². The van der Waals surface area contributed by atoms with Gasteiger partial charge in [0.15, 0.2) is 5.03 Å². The number of sulfonamides is 1. The summed E-state index contributed by atoms with van der Waals surface area (Å²) >= 11 is 0. The van der Waals surface area contributed by atoms with Crippen LogP contribution in [0.15, 0.2) is 17.2 Å². The first kappa shape index (κ1) is 24.7. The van der Waals surface area contributed by atoms with E-state index >= 15 is 0 Å². The maximum absolute atomic E-state index is 12.9. The fraction of sp³-hybridized carbons (Fsp3) is 0.545. The Morgan fingerprint density at radius 1 is 1.09 bits per heavy atom. The van der Waals surface area contributed by atoms with Crippen LogP contribution in [0.1, 0.15) is 53.6 Å². The number of carbonyl (C=O) groups excluding carboxylic acids is 1. The van der Waals surface area contributed by atoms with Crippen LogP contribution in [-0.2, 0) is 53.1 Å². The van der Waals surface area contributed by atoms with E-state index in [1.807, 2.05) is 0 Å². The number of benzene rings is 1. The average molecular weight is 484 g/mol. The molecule has 1 saturated heterocycles. The molecular formula is C22H28N4NaO5S. The summed E-state index contributed by atoms with van der Waals surface area (Å²) in [5.41, 5.74) is 4.71. The van der Waals surface area contributed by atoms with Crippen molar-refractivity contribution in [1.82, 2.24) is 14.5 Å². The number of carbonyl (C=O) groups is 1. The van der Waals surface area contributed by atoms with Crippen LogP contribution in [0.25, 0.3) is 0 Å². The summed E-state index contributed by atoms with van der Waals surface area (Å²) in [5, 5.41) is 17.5. The first-order valence-electron chi connectivity index (χ1n) is 11.1. The van der Waals surface area contributed by atoms with Gasteiger partial charge in [-0.25, -0.2) is 9.52 Å². The maximum Gasteiger partial charge on any atom is 0.333 e. The summed E-state index contributed by atoms with van der Waals surface area (Å²) in [5.74, 6) is 0. The van der Waals surface area contributed by atoms with E-state index in [1.165, 1.54) is 21.9 Å². The van der Waals surface area contributed by atoms with Gasteiger partial charge in [0.1, 0.15) is 5.60 Å². The zero-order valence-corrected chi connectivity index (χ0v) is 21.9. The van der Waals surface area contributed by atoms with Gasteiger partial charge in [-0.15, -0.1) is 0 Å². The third-order valence-corrected chi connectivity index (χ3v) is 8.07. The minimum absolute atomic E-state index is 0. The van der Waals surface area contributed by atoms with Gasteiger partial charge in [0, 0.05) is 74.4 Å². The van der Waals surface area contributed by atoms with Crippen molar-refractivity contribution in [2.24, 2.45) is 7.05 Å². The van der Waals surface area contributed by atoms with Crippen LogP contribution in [-0.4, -0.2) is 72.1 Å². The normalized spacial score (nSPS) is 18.8. The van der Waals surface area contributed by atoms with Gasteiger partial charge in [0.05, 0.1) is 5.69 Å². The fourth-order valence-corrected chi connectivity index (χ4v) is 6.15. The summed E-state index contributed by atoms with van der Waals surface area (Å²) in [6.45, 7) is 0.770. The number of nitrogens with one attached hydrogen (secondary N) is 2. The zero-order chi connectivity index (χ0) is 22.5. The number of aromatic nitrogens is 2. The van der Waals surface area contributed by atoms with Crippen LogP contribution in [0.4, 0.5) is 10.5 Å². The SMILES string of the molecule is Cn1nc(S(=O)(=O)NC(=O)Nc2c3c(cc4c2CCC4)CCC3)cc1C1(O)CCOCC1.[Na]. The number of nitrogens with zero attached hydrogens (tertiary/aromatic N) is 2. The molecule has 0 bridgehead atoms. The molecule has 2 heterocycles. The van der Waals surface area contributed by atoms with Crippen molar-refractivity contribution in [1.29, 1.82) is 0 Å². The van der Waals surface area contributed by atoms with Crippen LogP contribution in [0, 0.1) is 0 Å². The molecule has 2 amide bonds. The zero-order valence-electron chi connectivity index (χ0n) is 19.1. The van der Waals surface area contributed by atoms with Gasteiger partial charge in [-0.2, -0.15) is 13.5 Å². The molecule has 3 aliphatic rings. The number of ether oxygens (including phenoxy) is 1. The van der Waals surface area contributed by atoms with Crippen LogP contribution in [0.5, 0.6) is 0 Å². The number of urea groups is 1. The summed E-state index contributed by atoms with van der Waals surface area (Å²) in [6, 6.07) is 2.79. The van der Waals surface area contributed by atoms with Crippen LogP contribution in [0.3, 0.4) is 0 Å². The van der Waals surface area contributed by atoms with Crippen molar-refractivity contribution in [2.45, 2.75) is 62.0 Å². The number of anilines is 1. The summed E-state index contributed by atoms with van der Waals surface area (Å²) < 4.78 is 34.6. The number of amides is 2. The molecule has 1 aromatic heterocycles. The van der Waals surface area contributed by atoms with Crippen LogP contribution < -0.4 is 10.0 Å². The minimum atomic E-state index is -4.21. The van der Waals surface area contributed by atoms with Crippen molar-refractivity contribution in [3.63, 3.8) is 0 Å². The quantitative estimate of drug-likeness (QED) is 0.567. The standard InChI is InChI=1S/C22H28N4O5S.Na/c1-26-18(22(28)8-10-31-11-9-22)13-19(24-26)32(29,30)25-21(27)23-20-16-6-2-4-14(16)12-15-5-3-7-17(15)20;/h12-13,28H,2-11H2,1H3,(H2,23,25,27);. The predicted molar refractivity (Wildman–Crippen MR) is 123 cm³/mol. The van der Waals surface area contributed by atoms with E-state index in [0.717, 1.165) is 55.3 Å². The monoisotopic (exact) mass is 483 g/mol. The molecule has 5 rings (SSSR count). The van der Waals surface area contributed by atoms with Gasteiger partial charge in [0.25, 0.3) is 10.0 Å². The molecule has 1 aromatic carbocycles. The molecule has 0 spiro atoms. The fourth-order valence-electron chi connectivity index (χ4n) is 5.25. The Morgan fingerprint density at radius 2 is 1.70 bits per heavy atom. The molecule has 0 saturated carbocycles. The molecule has 2 aliphatic carbocycles. The average Bonchev–Trinajstić information content (AvgIpc) is 3.47. The number of aryl methyl sites for hydroxylation is 3. The van der Waals surface area contributed by atoms with Crippen molar-refractivity contribution >= 4 is 51.3 Å². The Morgan fingerprint density at radius 3 is 2.30 bits per heavy atom. The Hall–Kier alpha value is -1.43. The minimum Gasteiger partial charge on any atom is -0.383 e. The van der Waals surface area contributed by atoms with Gasteiger partial charge < -0.3 is 15.2 Å². The summed E-state index contributed by atoms with van der Waals surface area (Å²) in [4.78, 5) is 12.8. The van der Waals surface area contributed by atoms with Gasteiger partial charge in [0.2, 0.25) is 0 Å². The first-order valence-corrected chi connectivity index (χ1v) is 12.6. The van der Waals surface area contributed by atoms with Crippen molar-refractivity contribution < 1.29 is 23.1 Å². The summed E-state index contributed by atoms with van der Waals surface area (Å²) in [7, 11) is -2.63. The smallest absolute Gasteiger partial charge is 0.333 e. The van der Waals surface area contributed by atoms with E-state index in [0.29, 0.717) is 31.7 Å². The van der Waals surface area contributed by atoms with Gasteiger partial charge in [-0.05, 0) is 60.8 Å². The third kappa shape index (κ3) is 4.61. The third-order valence-electron chi connectivity index (χ3n) is 6.87. The van der Waals surface area contributed by atoms with Gasteiger partial charge in [-0.3, -0.25) is 4.68 Å². The second-order valence-corrected chi connectivity index (χ2v) is 10.6. The second-order valence-electron chi connectivity index (χ2n) is 8.93. The van der Waals surface area contributed by atoms with Crippen molar-refractivity contribution in [3.8, 4) is 0 Å². The Labute approximate surface area is 215 Å². The number of hydrogen-bond donors (Lipinski definition) is 3. The second kappa shape index (κ2) is 9.31. The Bertz CT molecular complexity index is 1160. The molecule has 2 aromatic rings. The molecule has 1 radical (unpaired) electrons. The molecule has 11 heteroatoms. The molecule has 0 atom stereocenters. The molecular weight excluding hydrogens is 455 g/mol. The van der Waals surface area contributed by atoms with E-state index in [1.54, 1.807) is 7.05 Å². The van der Waals surface area contributed by atoms with E-state index in [2.05, 4.69) is 21.2 Å². The maximum atomic E-state index is 12.9. The van der Waals surface area contributed by atoms with Crippen molar-refractivity contribution in [2.75, 3.05) is 18.5 Å². The molecule has 1 aliphatic heterocycles. The van der Waals surface area contributed by atoms with E-state index < -0.39 is 21.7 Å². The van der Waals surface area contributed by atoms with Crippen LogP contribution >= 0.6 is 0 Å². The Kier molecular flexibility index (Phi) is 6.97. The molecule has 1 fully saturated rings. The first-order chi connectivity index (χ1) is 15.3. The predicted octanol–water partition coefficient (Wildman–Crippen LogP) is 1.53. The van der Waals surface area contributed by atoms with E-state index in [4.69, 9.17) is 4.74 Å². The number of rotatable bonds is 4. The number of fused-ring (bicyclic) bond motifs is 2. The van der Waals surface area contributed by atoms with E-state index in [-0.39, 0.29) is 34.6 Å². The number of aliphatic hydroxyl groups is 1. The Balaban J connectivity index is 0.00000259. The van der Waals surface area contributed by atoms with Crippen LogP contribution in [0.2, 0.25) is 0 Å². The van der Waals surface area contributed by atoms with Gasteiger partial charge in [-0.1, -0.05) is 6.07 Å². The molecule has 3 N–H and O–H groups in total. The summed E-state index contributed by atoms with van der Waals surface area (Å²) in [6.07, 6.45) is 6.53. The van der Waals surface area contributed by atoms with E-state index in [9.17, 15) is 18.3 Å². The topological polar surface area (TPSA) is 123 Å². The number of hydrogen-bond acceptors (Lipinski definition) is 6. The molecule has 0 unspecified atom stereocenters. The van der Waals surface area contributed by atoms with Gasteiger partial charge >= 0.3 is 6.03 Å². The largest absolute Gasteiger partial charge is 0.383 e. The molecule has 9 nitrogen and oxygen atoms in total.